The first-order valence-corrected chi connectivity index (χ1v) is 5.90. The fourth-order valence-corrected chi connectivity index (χ4v) is 1.16. The largest absolute Gasteiger partial charge is 0.381 e. The highest BCUT2D eigenvalue weighted by Crippen LogP contribution is 2.00. The van der Waals surface area contributed by atoms with Crippen LogP contribution in [-0.4, -0.2) is 25.9 Å². The molecule has 0 aliphatic rings. The Morgan fingerprint density at radius 1 is 1.25 bits per heavy atom. The first-order valence-electron chi connectivity index (χ1n) is 5.90. The lowest BCUT2D eigenvalue weighted by Crippen LogP contribution is -2.14. The molecule has 0 radical (unpaired) electrons. The summed E-state index contributed by atoms with van der Waals surface area (Å²) >= 11 is 0. The van der Waals surface area contributed by atoms with Crippen molar-refractivity contribution in [2.24, 2.45) is 0 Å². The average molecular weight is 222 g/mol. The lowest BCUT2D eigenvalue weighted by atomic mass is 10.2. The Morgan fingerprint density at radius 3 is 2.69 bits per heavy atom. The maximum Gasteiger partial charge on any atom is 0.120 e. The van der Waals surface area contributed by atoms with Gasteiger partial charge in [-0.05, 0) is 13.3 Å². The fourth-order valence-electron chi connectivity index (χ4n) is 1.16. The number of hydrogen-bond donors (Lipinski definition) is 0. The molecule has 0 bridgehead atoms. The van der Waals surface area contributed by atoms with Gasteiger partial charge in [-0.2, -0.15) is 0 Å². The van der Waals surface area contributed by atoms with Crippen molar-refractivity contribution < 1.29 is 9.47 Å². The van der Waals surface area contributed by atoms with E-state index in [0.29, 0.717) is 19.6 Å². The van der Waals surface area contributed by atoms with Crippen LogP contribution in [0.4, 0.5) is 0 Å². The molecule has 16 heavy (non-hydrogen) atoms. The zero-order valence-electron chi connectivity index (χ0n) is 10.4. The van der Waals surface area contributed by atoms with Crippen molar-refractivity contribution in [3.63, 3.8) is 0 Å². The molecule has 0 aromatic carbocycles. The fraction of sp³-hybridized carbons (Fsp3) is 0.714. The van der Waals surface area contributed by atoms with E-state index in [0.717, 1.165) is 25.9 Å². The molecule has 0 saturated carbocycles. The normalized spacial score (nSPS) is 11.3. The van der Waals surface area contributed by atoms with Crippen LogP contribution in [0.15, 0.2) is 0 Å². The Kier molecular flexibility index (Phi) is 11.4. The van der Waals surface area contributed by atoms with Gasteiger partial charge in [0.05, 0.1) is 6.61 Å². The lowest BCUT2D eigenvalue weighted by molar-refractivity contribution is 0.0533. The van der Waals surface area contributed by atoms with Crippen LogP contribution >= 0.6 is 0 Å². The molecule has 0 aliphatic carbocycles. The number of hydrogen-bond acceptors (Lipinski definition) is 2. The van der Waals surface area contributed by atoms with Gasteiger partial charge in [-0.3, -0.25) is 0 Å². The van der Waals surface area contributed by atoms with E-state index >= 15 is 0 Å². The van der Waals surface area contributed by atoms with E-state index in [2.05, 4.69) is 24.7 Å². The average Bonchev–Trinajstić information content (AvgIpc) is 2.29. The smallest absolute Gasteiger partial charge is 0.120 e. The van der Waals surface area contributed by atoms with Gasteiger partial charge >= 0.3 is 0 Å². The van der Waals surface area contributed by atoms with Crippen LogP contribution in [0.1, 0.15) is 39.5 Å². The third-order valence-electron chi connectivity index (χ3n) is 2.04. The van der Waals surface area contributed by atoms with Crippen LogP contribution in [0.5, 0.6) is 0 Å². The minimum atomic E-state index is -0.0417. The van der Waals surface area contributed by atoms with Crippen LogP contribution in [0.3, 0.4) is 0 Å². The van der Waals surface area contributed by atoms with Crippen molar-refractivity contribution in [3.05, 3.63) is 0 Å². The van der Waals surface area contributed by atoms with Crippen molar-refractivity contribution in [2.75, 3.05) is 19.8 Å². The minimum absolute atomic E-state index is 0.0417. The number of ether oxygens (including phenoxy) is 2. The van der Waals surface area contributed by atoms with Gasteiger partial charge in [0.15, 0.2) is 0 Å². The summed E-state index contributed by atoms with van der Waals surface area (Å²) in [7, 11) is 0. The number of unbranched alkanes of at least 4 members (excludes halogenated alkanes) is 1. The second-order valence-electron chi connectivity index (χ2n) is 3.46. The Hall–Kier alpha value is -0.960. The summed E-state index contributed by atoms with van der Waals surface area (Å²) in [5.74, 6) is 8.42. The summed E-state index contributed by atoms with van der Waals surface area (Å²) < 4.78 is 11.0. The molecular formula is C14H22O2. The van der Waals surface area contributed by atoms with Crippen molar-refractivity contribution >= 4 is 0 Å². The first-order chi connectivity index (χ1) is 7.85. The predicted octanol–water partition coefficient (Wildman–Crippen LogP) is 2.63. The molecule has 2 heteroatoms. The highest BCUT2D eigenvalue weighted by molar-refractivity contribution is 5.02. The minimum Gasteiger partial charge on any atom is -0.381 e. The molecule has 90 valence electrons. The Balaban J connectivity index is 3.59. The van der Waals surface area contributed by atoms with Gasteiger partial charge in [-0.25, -0.2) is 0 Å². The quantitative estimate of drug-likeness (QED) is 0.441. The summed E-state index contributed by atoms with van der Waals surface area (Å²) in [6.45, 7) is 6.07. The van der Waals surface area contributed by atoms with E-state index in [1.807, 2.05) is 6.92 Å². The monoisotopic (exact) mass is 222 g/mol. The summed E-state index contributed by atoms with van der Waals surface area (Å²) in [6.07, 6.45) is 8.84. The van der Waals surface area contributed by atoms with Gasteiger partial charge in [0.25, 0.3) is 0 Å². The first kappa shape index (κ1) is 15.0. The van der Waals surface area contributed by atoms with Gasteiger partial charge in [-0.1, -0.05) is 19.3 Å². The molecule has 0 fully saturated rings. The van der Waals surface area contributed by atoms with Gasteiger partial charge in [0.2, 0.25) is 0 Å². The Bertz CT molecular complexity index is 242. The van der Waals surface area contributed by atoms with Crippen molar-refractivity contribution in [1.29, 1.82) is 0 Å². The van der Waals surface area contributed by atoms with E-state index in [1.54, 1.807) is 0 Å². The lowest BCUT2D eigenvalue weighted by Gasteiger charge is -2.11. The maximum atomic E-state index is 5.53. The molecule has 0 rings (SSSR count). The van der Waals surface area contributed by atoms with Crippen LogP contribution in [0, 0.1) is 24.2 Å². The van der Waals surface area contributed by atoms with Crippen LogP contribution in [0.25, 0.3) is 0 Å². The molecule has 1 atom stereocenters. The summed E-state index contributed by atoms with van der Waals surface area (Å²) in [4.78, 5) is 0. The maximum absolute atomic E-state index is 5.53. The van der Waals surface area contributed by atoms with Gasteiger partial charge in [0, 0.05) is 26.1 Å². The van der Waals surface area contributed by atoms with Gasteiger partial charge in [-0.15, -0.1) is 18.3 Å². The molecule has 0 aromatic heterocycles. The molecule has 0 aromatic rings. The van der Waals surface area contributed by atoms with Crippen molar-refractivity contribution in [2.45, 2.75) is 45.6 Å². The summed E-state index contributed by atoms with van der Waals surface area (Å²) in [5, 5.41) is 0. The molecule has 0 N–H and O–H groups in total. The molecule has 0 amide bonds. The zero-order valence-corrected chi connectivity index (χ0v) is 10.4. The van der Waals surface area contributed by atoms with E-state index in [1.165, 1.54) is 0 Å². The van der Waals surface area contributed by atoms with E-state index in [4.69, 9.17) is 15.9 Å². The van der Waals surface area contributed by atoms with Crippen LogP contribution < -0.4 is 0 Å². The van der Waals surface area contributed by atoms with E-state index in [9.17, 15) is 0 Å². The molecule has 2 nitrogen and oxygen atoms in total. The second-order valence-corrected chi connectivity index (χ2v) is 3.46. The Morgan fingerprint density at radius 2 is 2.06 bits per heavy atom. The number of rotatable bonds is 9. The van der Waals surface area contributed by atoms with E-state index < -0.39 is 0 Å². The SMILES string of the molecule is C#CCCOC(C#CC)CCOCCCC. The third kappa shape index (κ3) is 9.59. The highest BCUT2D eigenvalue weighted by atomic mass is 16.5. The zero-order chi connectivity index (χ0) is 12.1. The highest BCUT2D eigenvalue weighted by Gasteiger charge is 2.04. The predicted molar refractivity (Wildman–Crippen MR) is 67.0 cm³/mol. The summed E-state index contributed by atoms with van der Waals surface area (Å²) in [5.41, 5.74) is 0. The standard InChI is InChI=1S/C14H22O2/c1-4-7-11-15-13-10-14(9-6-3)16-12-8-5-2/h2,14H,4,7-8,10-13H2,1,3H3. The molecule has 0 aliphatic heterocycles. The second kappa shape index (κ2) is 12.1. The summed E-state index contributed by atoms with van der Waals surface area (Å²) in [6, 6.07) is 0. The molecule has 0 spiro atoms. The van der Waals surface area contributed by atoms with Crippen molar-refractivity contribution in [3.8, 4) is 24.2 Å². The number of terminal acetylenes is 1. The van der Waals surface area contributed by atoms with Crippen LogP contribution in [-0.2, 0) is 9.47 Å². The van der Waals surface area contributed by atoms with Gasteiger partial charge in [0.1, 0.15) is 6.10 Å². The van der Waals surface area contributed by atoms with Gasteiger partial charge < -0.3 is 9.47 Å². The topological polar surface area (TPSA) is 18.5 Å². The molecule has 1 unspecified atom stereocenters. The van der Waals surface area contributed by atoms with Crippen LogP contribution in [0.2, 0.25) is 0 Å². The third-order valence-corrected chi connectivity index (χ3v) is 2.04. The Labute approximate surface area is 99.7 Å². The molecule has 0 heterocycles. The van der Waals surface area contributed by atoms with Crippen molar-refractivity contribution in [1.82, 2.24) is 0 Å². The molecular weight excluding hydrogens is 200 g/mol. The molecule has 0 saturated heterocycles. The van der Waals surface area contributed by atoms with E-state index in [-0.39, 0.29) is 6.10 Å².